The van der Waals surface area contributed by atoms with Crippen LogP contribution in [0.5, 0.6) is 11.5 Å². The summed E-state index contributed by atoms with van der Waals surface area (Å²) in [5, 5.41) is 7.34. The van der Waals surface area contributed by atoms with E-state index in [0.717, 1.165) is 5.56 Å². The summed E-state index contributed by atoms with van der Waals surface area (Å²) in [6, 6.07) is 11.1. The molecular formula is C14H13FN2O. The Labute approximate surface area is 105 Å². The van der Waals surface area contributed by atoms with Crippen molar-refractivity contribution in [2.24, 2.45) is 5.73 Å². The third-order valence-electron chi connectivity index (χ3n) is 2.53. The molecule has 2 aromatic rings. The Morgan fingerprint density at radius 3 is 2.39 bits per heavy atom. The smallest absolute Gasteiger partial charge is 0.130 e. The van der Waals surface area contributed by atoms with Crippen molar-refractivity contribution in [3.8, 4) is 11.5 Å². The number of aryl methyl sites for hydroxylation is 1. The van der Waals surface area contributed by atoms with Crippen molar-refractivity contribution in [3.63, 3.8) is 0 Å². The van der Waals surface area contributed by atoms with Crippen LogP contribution in [-0.2, 0) is 0 Å². The van der Waals surface area contributed by atoms with Crippen molar-refractivity contribution < 1.29 is 9.13 Å². The number of benzene rings is 2. The molecule has 0 aliphatic rings. The van der Waals surface area contributed by atoms with Crippen molar-refractivity contribution in [3.05, 3.63) is 59.4 Å². The number of hydrogen-bond acceptors (Lipinski definition) is 2. The van der Waals surface area contributed by atoms with Crippen LogP contribution in [0.3, 0.4) is 0 Å². The highest BCUT2D eigenvalue weighted by atomic mass is 19.1. The third kappa shape index (κ3) is 2.66. The Morgan fingerprint density at radius 2 is 1.83 bits per heavy atom. The van der Waals surface area contributed by atoms with Gasteiger partial charge in [-0.1, -0.05) is 0 Å². The summed E-state index contributed by atoms with van der Waals surface area (Å²) in [6.07, 6.45) is 0. The van der Waals surface area contributed by atoms with E-state index < -0.39 is 0 Å². The lowest BCUT2D eigenvalue weighted by atomic mass is 10.1. The Bertz CT molecular complexity index is 579. The van der Waals surface area contributed by atoms with Crippen LogP contribution in [0, 0.1) is 18.2 Å². The Kier molecular flexibility index (Phi) is 3.28. The molecule has 3 nitrogen and oxygen atoms in total. The van der Waals surface area contributed by atoms with Crippen LogP contribution in [0.1, 0.15) is 11.1 Å². The van der Waals surface area contributed by atoms with Gasteiger partial charge in [0.05, 0.1) is 0 Å². The minimum atomic E-state index is -0.300. The van der Waals surface area contributed by atoms with Gasteiger partial charge >= 0.3 is 0 Å². The molecule has 0 aliphatic carbocycles. The number of amidine groups is 1. The molecule has 0 fully saturated rings. The molecule has 0 heterocycles. The summed E-state index contributed by atoms with van der Waals surface area (Å²) < 4.78 is 18.4. The number of hydrogen-bond donors (Lipinski definition) is 2. The van der Waals surface area contributed by atoms with E-state index in [-0.39, 0.29) is 11.7 Å². The van der Waals surface area contributed by atoms with E-state index in [4.69, 9.17) is 15.9 Å². The lowest BCUT2D eigenvalue weighted by Crippen LogP contribution is -2.11. The number of rotatable bonds is 3. The van der Waals surface area contributed by atoms with E-state index in [1.165, 1.54) is 12.1 Å². The van der Waals surface area contributed by atoms with E-state index in [1.807, 2.05) is 6.92 Å². The van der Waals surface area contributed by atoms with Gasteiger partial charge < -0.3 is 10.5 Å². The van der Waals surface area contributed by atoms with E-state index in [2.05, 4.69) is 0 Å². The van der Waals surface area contributed by atoms with Crippen molar-refractivity contribution in [2.75, 3.05) is 0 Å². The fraction of sp³-hybridized carbons (Fsp3) is 0.0714. The standard InChI is InChI=1S/C14H13FN2O/c1-9-8-10(14(16)17)2-7-13(9)18-12-5-3-11(15)4-6-12/h2-8H,1H3,(H3,16,17). The first-order chi connectivity index (χ1) is 8.56. The molecule has 0 saturated carbocycles. The zero-order valence-electron chi connectivity index (χ0n) is 9.91. The average Bonchev–Trinajstić information content (AvgIpc) is 2.34. The molecular weight excluding hydrogens is 231 g/mol. The quantitative estimate of drug-likeness (QED) is 0.643. The van der Waals surface area contributed by atoms with Crippen LogP contribution in [0.15, 0.2) is 42.5 Å². The van der Waals surface area contributed by atoms with Gasteiger partial charge in [0, 0.05) is 5.56 Å². The van der Waals surface area contributed by atoms with Crippen molar-refractivity contribution in [2.45, 2.75) is 6.92 Å². The van der Waals surface area contributed by atoms with Gasteiger partial charge in [-0.25, -0.2) is 4.39 Å². The number of nitrogens with one attached hydrogen (secondary N) is 1. The van der Waals surface area contributed by atoms with Crippen molar-refractivity contribution in [1.29, 1.82) is 5.41 Å². The molecule has 92 valence electrons. The maximum absolute atomic E-state index is 12.8. The summed E-state index contributed by atoms with van der Waals surface area (Å²) in [5.41, 5.74) is 6.92. The van der Waals surface area contributed by atoms with Crippen LogP contribution >= 0.6 is 0 Å². The van der Waals surface area contributed by atoms with Gasteiger partial charge in [0.15, 0.2) is 0 Å². The second kappa shape index (κ2) is 4.87. The fourth-order valence-electron chi connectivity index (χ4n) is 1.56. The minimum Gasteiger partial charge on any atom is -0.457 e. The highest BCUT2D eigenvalue weighted by Gasteiger charge is 2.04. The summed E-state index contributed by atoms with van der Waals surface area (Å²) in [4.78, 5) is 0. The minimum absolute atomic E-state index is 0.0198. The van der Waals surface area contributed by atoms with Crippen LogP contribution in [0.2, 0.25) is 0 Å². The first kappa shape index (κ1) is 12.1. The molecule has 0 radical (unpaired) electrons. The average molecular weight is 244 g/mol. The fourth-order valence-corrected chi connectivity index (χ4v) is 1.56. The van der Waals surface area contributed by atoms with Gasteiger partial charge in [-0.05, 0) is 55.0 Å². The molecule has 0 amide bonds. The van der Waals surface area contributed by atoms with Gasteiger partial charge in [0.1, 0.15) is 23.2 Å². The Morgan fingerprint density at radius 1 is 1.17 bits per heavy atom. The van der Waals surface area contributed by atoms with Gasteiger partial charge in [-0.2, -0.15) is 0 Å². The largest absolute Gasteiger partial charge is 0.457 e. The molecule has 4 heteroatoms. The zero-order chi connectivity index (χ0) is 13.1. The zero-order valence-corrected chi connectivity index (χ0v) is 9.91. The predicted molar refractivity (Wildman–Crippen MR) is 68.7 cm³/mol. The first-order valence-electron chi connectivity index (χ1n) is 5.45. The van der Waals surface area contributed by atoms with Crippen molar-refractivity contribution in [1.82, 2.24) is 0 Å². The van der Waals surface area contributed by atoms with Gasteiger partial charge in [-0.3, -0.25) is 5.41 Å². The highest BCUT2D eigenvalue weighted by Crippen LogP contribution is 2.25. The van der Waals surface area contributed by atoms with Crippen LogP contribution in [0.4, 0.5) is 4.39 Å². The summed E-state index contributed by atoms with van der Waals surface area (Å²) in [5.74, 6) is 0.944. The number of halogens is 1. The van der Waals surface area contributed by atoms with E-state index in [9.17, 15) is 4.39 Å². The normalized spacial score (nSPS) is 10.1. The lowest BCUT2D eigenvalue weighted by Gasteiger charge is -2.09. The summed E-state index contributed by atoms with van der Waals surface area (Å²) in [6.45, 7) is 1.87. The molecule has 0 aliphatic heterocycles. The summed E-state index contributed by atoms with van der Waals surface area (Å²) in [7, 11) is 0. The number of nitrogens with two attached hydrogens (primary N) is 1. The molecule has 0 unspecified atom stereocenters. The second-order valence-electron chi connectivity index (χ2n) is 3.95. The number of ether oxygens (including phenoxy) is 1. The molecule has 0 atom stereocenters. The highest BCUT2D eigenvalue weighted by molar-refractivity contribution is 5.95. The topological polar surface area (TPSA) is 59.1 Å². The molecule has 0 saturated heterocycles. The monoisotopic (exact) mass is 244 g/mol. The maximum atomic E-state index is 12.8. The molecule has 18 heavy (non-hydrogen) atoms. The lowest BCUT2D eigenvalue weighted by molar-refractivity contribution is 0.477. The van der Waals surface area contributed by atoms with Crippen LogP contribution in [0.25, 0.3) is 0 Å². The van der Waals surface area contributed by atoms with E-state index in [1.54, 1.807) is 30.3 Å². The molecule has 0 bridgehead atoms. The molecule has 2 rings (SSSR count). The third-order valence-corrected chi connectivity index (χ3v) is 2.53. The summed E-state index contributed by atoms with van der Waals surface area (Å²) >= 11 is 0. The van der Waals surface area contributed by atoms with Gasteiger partial charge in [0.25, 0.3) is 0 Å². The molecule has 0 spiro atoms. The van der Waals surface area contributed by atoms with Crippen LogP contribution < -0.4 is 10.5 Å². The molecule has 0 aromatic heterocycles. The van der Waals surface area contributed by atoms with Crippen molar-refractivity contribution >= 4 is 5.84 Å². The van der Waals surface area contributed by atoms with E-state index in [0.29, 0.717) is 17.1 Å². The Hall–Kier alpha value is -2.36. The Balaban J connectivity index is 2.24. The van der Waals surface area contributed by atoms with Gasteiger partial charge in [0.2, 0.25) is 0 Å². The SMILES string of the molecule is Cc1cc(C(=N)N)ccc1Oc1ccc(F)cc1. The first-order valence-corrected chi connectivity index (χ1v) is 5.45. The van der Waals surface area contributed by atoms with Gasteiger partial charge in [-0.15, -0.1) is 0 Å². The molecule has 3 N–H and O–H groups in total. The van der Waals surface area contributed by atoms with Crippen LogP contribution in [-0.4, -0.2) is 5.84 Å². The van der Waals surface area contributed by atoms with E-state index >= 15 is 0 Å². The maximum Gasteiger partial charge on any atom is 0.130 e. The second-order valence-corrected chi connectivity index (χ2v) is 3.95. The molecule has 2 aromatic carbocycles. The predicted octanol–water partition coefficient (Wildman–Crippen LogP) is 3.21. The number of nitrogen functional groups attached to an aromatic ring is 1.